The van der Waals surface area contributed by atoms with E-state index in [0.717, 1.165) is 11.1 Å². The van der Waals surface area contributed by atoms with Gasteiger partial charge in [-0.1, -0.05) is 48.0 Å². The third-order valence-corrected chi connectivity index (χ3v) is 5.11. The fourth-order valence-corrected chi connectivity index (χ4v) is 3.58. The second-order valence-corrected chi connectivity index (χ2v) is 7.25. The number of hydrogen-bond donors (Lipinski definition) is 1. The van der Waals surface area contributed by atoms with Crippen molar-refractivity contribution in [3.05, 3.63) is 95.5 Å². The van der Waals surface area contributed by atoms with E-state index in [1.807, 2.05) is 37.3 Å². The molecule has 1 aliphatic heterocycles. The predicted octanol–water partition coefficient (Wildman–Crippen LogP) is 4.00. The Bertz CT molecular complexity index is 1070. The summed E-state index contributed by atoms with van der Waals surface area (Å²) in [5.74, 6) is -0.312. The lowest BCUT2D eigenvalue weighted by molar-refractivity contribution is -0.140. The lowest BCUT2D eigenvalue weighted by atomic mass is 9.90. The van der Waals surface area contributed by atoms with E-state index in [9.17, 15) is 14.7 Å². The summed E-state index contributed by atoms with van der Waals surface area (Å²) >= 11 is 0. The molecule has 0 saturated carbocycles. The number of allylic oxidation sites excluding steroid dienone is 1. The molecule has 0 bridgehead atoms. The molecule has 0 radical (unpaired) electrons. The SMILES string of the molecule is Cc1ccc(CN2C(=O)C(O)(CC(=O)/C=C/c3ccco3)c3ccccc32)cc1. The topological polar surface area (TPSA) is 70.8 Å². The van der Waals surface area contributed by atoms with E-state index in [1.54, 1.807) is 35.2 Å². The first-order chi connectivity index (χ1) is 14.0. The normalized spacial score (nSPS) is 18.4. The lowest BCUT2D eigenvalue weighted by Crippen LogP contribution is -2.41. The van der Waals surface area contributed by atoms with E-state index < -0.39 is 11.5 Å². The van der Waals surface area contributed by atoms with Crippen LogP contribution in [0, 0.1) is 6.92 Å². The van der Waals surface area contributed by atoms with E-state index in [4.69, 9.17) is 4.42 Å². The first kappa shape index (κ1) is 18.9. The summed E-state index contributed by atoms with van der Waals surface area (Å²) in [4.78, 5) is 27.2. The van der Waals surface area contributed by atoms with Crippen molar-refractivity contribution < 1.29 is 19.1 Å². The summed E-state index contributed by atoms with van der Waals surface area (Å²) in [5, 5.41) is 11.3. The Labute approximate surface area is 168 Å². The highest BCUT2D eigenvalue weighted by atomic mass is 16.3. The van der Waals surface area contributed by atoms with Gasteiger partial charge in [0, 0.05) is 5.56 Å². The van der Waals surface area contributed by atoms with Crippen molar-refractivity contribution in [1.29, 1.82) is 0 Å². The molecule has 146 valence electrons. The first-order valence-corrected chi connectivity index (χ1v) is 9.41. The zero-order valence-corrected chi connectivity index (χ0v) is 16.0. The van der Waals surface area contributed by atoms with Crippen molar-refractivity contribution in [2.45, 2.75) is 25.5 Å². The minimum absolute atomic E-state index is 0.328. The van der Waals surface area contributed by atoms with Gasteiger partial charge in [0.05, 0.1) is 24.9 Å². The minimum atomic E-state index is -1.88. The van der Waals surface area contributed by atoms with Gasteiger partial charge >= 0.3 is 0 Å². The molecule has 0 spiro atoms. The fourth-order valence-electron chi connectivity index (χ4n) is 3.58. The highest BCUT2D eigenvalue weighted by Gasteiger charge is 2.50. The van der Waals surface area contributed by atoms with Crippen LogP contribution >= 0.6 is 0 Å². The van der Waals surface area contributed by atoms with Gasteiger partial charge in [0.15, 0.2) is 11.4 Å². The van der Waals surface area contributed by atoms with Crippen LogP contribution in [0.25, 0.3) is 6.08 Å². The number of amides is 1. The van der Waals surface area contributed by atoms with E-state index in [2.05, 4.69) is 0 Å². The molecule has 1 aliphatic rings. The lowest BCUT2D eigenvalue weighted by Gasteiger charge is -2.22. The van der Waals surface area contributed by atoms with Gasteiger partial charge in [-0.05, 0) is 42.8 Å². The van der Waals surface area contributed by atoms with Crippen LogP contribution in [0.5, 0.6) is 0 Å². The van der Waals surface area contributed by atoms with Crippen LogP contribution in [0.1, 0.15) is 28.9 Å². The van der Waals surface area contributed by atoms with Crippen molar-refractivity contribution in [1.82, 2.24) is 0 Å². The molecule has 1 atom stereocenters. The van der Waals surface area contributed by atoms with Crippen LogP contribution in [-0.4, -0.2) is 16.8 Å². The third kappa shape index (κ3) is 3.65. The number of aryl methyl sites for hydroxylation is 1. The van der Waals surface area contributed by atoms with Gasteiger partial charge in [0.1, 0.15) is 5.76 Å². The number of aliphatic hydroxyl groups is 1. The number of fused-ring (bicyclic) bond motifs is 1. The molecule has 1 aromatic heterocycles. The van der Waals surface area contributed by atoms with Crippen LogP contribution in [0.3, 0.4) is 0 Å². The number of carbonyl (C=O) groups is 2. The van der Waals surface area contributed by atoms with Crippen molar-refractivity contribution in [3.8, 4) is 0 Å². The van der Waals surface area contributed by atoms with E-state index in [0.29, 0.717) is 23.6 Å². The Morgan fingerprint density at radius 3 is 2.59 bits per heavy atom. The number of nitrogens with zero attached hydrogens (tertiary/aromatic N) is 1. The maximum Gasteiger partial charge on any atom is 0.264 e. The summed E-state index contributed by atoms with van der Waals surface area (Å²) in [6.07, 6.45) is 4.04. The summed E-state index contributed by atoms with van der Waals surface area (Å²) in [7, 11) is 0. The van der Waals surface area contributed by atoms with Crippen LogP contribution < -0.4 is 4.90 Å². The smallest absolute Gasteiger partial charge is 0.264 e. The molecule has 1 unspecified atom stereocenters. The molecular formula is C24H21NO4. The van der Waals surface area contributed by atoms with Gasteiger partial charge in [0.25, 0.3) is 5.91 Å². The van der Waals surface area contributed by atoms with E-state index in [1.165, 1.54) is 18.4 Å². The highest BCUT2D eigenvalue weighted by molar-refractivity contribution is 6.10. The third-order valence-electron chi connectivity index (χ3n) is 5.11. The number of ketones is 1. The molecule has 4 rings (SSSR count). The Hall–Kier alpha value is -3.44. The highest BCUT2D eigenvalue weighted by Crippen LogP contribution is 2.43. The molecule has 1 N–H and O–H groups in total. The van der Waals surface area contributed by atoms with Crippen molar-refractivity contribution in [2.24, 2.45) is 0 Å². The van der Waals surface area contributed by atoms with Gasteiger partial charge < -0.3 is 14.4 Å². The second kappa shape index (κ2) is 7.53. The summed E-state index contributed by atoms with van der Waals surface area (Å²) < 4.78 is 5.17. The molecule has 0 fully saturated rings. The van der Waals surface area contributed by atoms with Crippen LogP contribution in [0.15, 0.2) is 77.4 Å². The Balaban J connectivity index is 1.60. The molecule has 5 heteroatoms. The van der Waals surface area contributed by atoms with Gasteiger partial charge in [-0.3, -0.25) is 9.59 Å². The number of anilines is 1. The summed E-state index contributed by atoms with van der Waals surface area (Å²) in [6.45, 7) is 2.33. The average molecular weight is 387 g/mol. The quantitative estimate of drug-likeness (QED) is 0.649. The molecule has 0 aliphatic carbocycles. The number of rotatable bonds is 6. The molecule has 3 aromatic rings. The maximum atomic E-state index is 13.2. The van der Waals surface area contributed by atoms with Gasteiger partial charge in [-0.2, -0.15) is 0 Å². The Kier molecular flexibility index (Phi) is 4.91. The molecule has 0 saturated heterocycles. The Morgan fingerprint density at radius 1 is 1.10 bits per heavy atom. The van der Waals surface area contributed by atoms with Crippen LogP contribution in [0.2, 0.25) is 0 Å². The summed E-state index contributed by atoms with van der Waals surface area (Å²) in [6, 6.07) is 18.4. The minimum Gasteiger partial charge on any atom is -0.465 e. The zero-order chi connectivity index (χ0) is 20.4. The van der Waals surface area contributed by atoms with E-state index in [-0.39, 0.29) is 12.2 Å². The largest absolute Gasteiger partial charge is 0.465 e. The van der Waals surface area contributed by atoms with Crippen LogP contribution in [-0.2, 0) is 21.7 Å². The molecule has 5 nitrogen and oxygen atoms in total. The monoisotopic (exact) mass is 387 g/mol. The molecule has 2 aromatic carbocycles. The number of furan rings is 1. The van der Waals surface area contributed by atoms with Crippen molar-refractivity contribution >= 4 is 23.5 Å². The van der Waals surface area contributed by atoms with E-state index >= 15 is 0 Å². The van der Waals surface area contributed by atoms with Gasteiger partial charge in [-0.15, -0.1) is 0 Å². The molecule has 29 heavy (non-hydrogen) atoms. The second-order valence-electron chi connectivity index (χ2n) is 7.25. The maximum absolute atomic E-state index is 13.2. The number of hydrogen-bond acceptors (Lipinski definition) is 4. The number of para-hydroxylation sites is 1. The van der Waals surface area contributed by atoms with Crippen molar-refractivity contribution in [3.63, 3.8) is 0 Å². The predicted molar refractivity (Wildman–Crippen MR) is 110 cm³/mol. The number of benzene rings is 2. The summed E-state index contributed by atoms with van der Waals surface area (Å²) in [5.41, 5.74) is 1.28. The average Bonchev–Trinajstić information content (AvgIpc) is 3.31. The van der Waals surface area contributed by atoms with Gasteiger partial charge in [0.2, 0.25) is 0 Å². The fraction of sp³-hybridized carbons (Fsp3) is 0.167. The first-order valence-electron chi connectivity index (χ1n) is 9.41. The van der Waals surface area contributed by atoms with Gasteiger partial charge in [-0.25, -0.2) is 0 Å². The Morgan fingerprint density at radius 2 is 1.86 bits per heavy atom. The number of carbonyl (C=O) groups excluding carboxylic acids is 2. The molecule has 2 heterocycles. The van der Waals surface area contributed by atoms with Crippen LogP contribution in [0.4, 0.5) is 5.69 Å². The van der Waals surface area contributed by atoms with Crippen molar-refractivity contribution in [2.75, 3.05) is 4.90 Å². The molecule has 1 amide bonds. The molecular weight excluding hydrogens is 366 g/mol. The standard InChI is InChI=1S/C24H21NO4/c1-17-8-10-18(11-9-17)16-25-22-7-3-2-6-21(22)24(28,23(25)27)15-19(26)12-13-20-5-4-14-29-20/h2-14,28H,15-16H2,1H3/b13-12+. The zero-order valence-electron chi connectivity index (χ0n) is 16.0.